The first kappa shape index (κ1) is 15.4. The van der Waals surface area contributed by atoms with Gasteiger partial charge in [0.2, 0.25) is 0 Å². The number of rotatable bonds is 4. The lowest BCUT2D eigenvalue weighted by Crippen LogP contribution is -2.31. The molecule has 0 unspecified atom stereocenters. The zero-order valence-corrected chi connectivity index (χ0v) is 14.0. The lowest BCUT2D eigenvalue weighted by molar-refractivity contribution is 0.240. The Balaban J connectivity index is 1.76. The van der Waals surface area contributed by atoms with Crippen molar-refractivity contribution in [3.63, 3.8) is 0 Å². The third kappa shape index (κ3) is 3.15. The molecule has 1 aromatic carbocycles. The fourth-order valence-corrected chi connectivity index (χ4v) is 3.36. The van der Waals surface area contributed by atoms with Gasteiger partial charge in [-0.15, -0.1) is 11.3 Å². The molecule has 0 aliphatic carbocycles. The molecule has 0 amide bonds. The predicted octanol–water partition coefficient (Wildman–Crippen LogP) is 3.25. The van der Waals surface area contributed by atoms with Gasteiger partial charge in [0, 0.05) is 0 Å². The molecule has 0 bridgehead atoms. The van der Waals surface area contributed by atoms with E-state index in [1.54, 1.807) is 11.3 Å². The van der Waals surface area contributed by atoms with E-state index < -0.39 is 5.56 Å². The Bertz CT molecular complexity index is 844. The van der Waals surface area contributed by atoms with Gasteiger partial charge in [-0.2, -0.15) is 5.10 Å². The van der Waals surface area contributed by atoms with E-state index in [1.165, 1.54) is 10.9 Å². The van der Waals surface area contributed by atoms with Crippen LogP contribution in [0.1, 0.15) is 5.01 Å². The summed E-state index contributed by atoms with van der Waals surface area (Å²) < 4.78 is 2.43. The molecule has 0 aliphatic heterocycles. The maximum atomic E-state index is 12.0. The number of aromatic nitrogens is 3. The Hall–Kier alpha value is -1.47. The normalized spacial score (nSPS) is 11.5. The highest BCUT2D eigenvalue weighted by molar-refractivity contribution is 7.18. The zero-order valence-electron chi connectivity index (χ0n) is 11.7. The molecule has 0 saturated carbocycles. The predicted molar refractivity (Wildman–Crippen MR) is 89.6 cm³/mol. The first-order valence-electron chi connectivity index (χ1n) is 6.48. The average molecular weight is 355 g/mol. The molecule has 0 atom stereocenters. The molecular weight excluding hydrogens is 343 g/mol. The summed E-state index contributed by atoms with van der Waals surface area (Å²) in [7, 11) is 1.89. The highest BCUT2D eigenvalue weighted by atomic mass is 35.5. The second kappa shape index (κ2) is 6.34. The second-order valence-electron chi connectivity index (χ2n) is 4.84. The van der Waals surface area contributed by atoms with Crippen molar-refractivity contribution in [2.24, 2.45) is 0 Å². The van der Waals surface area contributed by atoms with E-state index in [0.29, 0.717) is 13.2 Å². The number of fused-ring (bicyclic) bond motifs is 1. The van der Waals surface area contributed by atoms with Crippen LogP contribution >= 0.6 is 34.5 Å². The van der Waals surface area contributed by atoms with Crippen LogP contribution in [-0.4, -0.2) is 26.7 Å². The van der Waals surface area contributed by atoms with Gasteiger partial charge in [0.05, 0.1) is 34.6 Å². The molecule has 3 aromatic rings. The summed E-state index contributed by atoms with van der Waals surface area (Å²) in [6.07, 6.45) is 1.37. The molecule has 0 saturated heterocycles. The molecule has 5 nitrogen and oxygen atoms in total. The van der Waals surface area contributed by atoms with Crippen molar-refractivity contribution in [2.45, 2.75) is 13.2 Å². The zero-order chi connectivity index (χ0) is 15.7. The van der Waals surface area contributed by atoms with Crippen molar-refractivity contribution in [1.82, 2.24) is 19.7 Å². The van der Waals surface area contributed by atoms with E-state index in [-0.39, 0.29) is 10.0 Å². The quantitative estimate of drug-likeness (QED) is 0.721. The van der Waals surface area contributed by atoms with Crippen LogP contribution in [0.3, 0.4) is 0 Å². The molecule has 2 heterocycles. The number of halogens is 2. The Labute approximate surface area is 140 Å². The van der Waals surface area contributed by atoms with Crippen LogP contribution < -0.4 is 5.56 Å². The fraction of sp³-hybridized carbons (Fsp3) is 0.214. The lowest BCUT2D eigenvalue weighted by Gasteiger charge is -2.15. The van der Waals surface area contributed by atoms with Gasteiger partial charge < -0.3 is 0 Å². The third-order valence-electron chi connectivity index (χ3n) is 3.06. The molecule has 0 N–H and O–H groups in total. The highest BCUT2D eigenvalue weighted by Gasteiger charge is 2.11. The van der Waals surface area contributed by atoms with E-state index >= 15 is 0 Å². The van der Waals surface area contributed by atoms with Crippen LogP contribution in [0.25, 0.3) is 10.2 Å². The Kier molecular flexibility index (Phi) is 4.44. The van der Waals surface area contributed by atoms with Crippen molar-refractivity contribution in [2.75, 3.05) is 7.05 Å². The molecule has 0 radical (unpaired) electrons. The van der Waals surface area contributed by atoms with Crippen LogP contribution in [0.15, 0.2) is 35.3 Å². The number of para-hydroxylation sites is 1. The summed E-state index contributed by atoms with van der Waals surface area (Å²) in [4.78, 5) is 18.5. The second-order valence-corrected chi connectivity index (χ2v) is 6.74. The van der Waals surface area contributed by atoms with Gasteiger partial charge in [-0.25, -0.2) is 9.67 Å². The number of thiazole rings is 1. The first-order chi connectivity index (χ1) is 10.5. The molecular formula is C14H12Cl2N4OS. The Morgan fingerprint density at radius 1 is 1.32 bits per heavy atom. The smallest absolute Gasteiger partial charge is 0.281 e. The van der Waals surface area contributed by atoms with Gasteiger partial charge in [-0.1, -0.05) is 35.3 Å². The summed E-state index contributed by atoms with van der Waals surface area (Å²) in [6, 6.07) is 7.99. The first-order valence-corrected chi connectivity index (χ1v) is 8.06. The van der Waals surface area contributed by atoms with Gasteiger partial charge >= 0.3 is 0 Å². The van der Waals surface area contributed by atoms with Crippen molar-refractivity contribution in [1.29, 1.82) is 0 Å². The van der Waals surface area contributed by atoms with Crippen molar-refractivity contribution in [3.8, 4) is 0 Å². The Morgan fingerprint density at radius 3 is 2.86 bits per heavy atom. The SMILES string of the molecule is CN(Cc1nc2ccccc2s1)Cn1ncc(Cl)c(Cl)c1=O. The summed E-state index contributed by atoms with van der Waals surface area (Å²) in [5, 5.41) is 5.13. The number of hydrogen-bond donors (Lipinski definition) is 0. The number of hydrogen-bond acceptors (Lipinski definition) is 5. The van der Waals surface area contributed by atoms with Gasteiger partial charge in [0.25, 0.3) is 5.56 Å². The third-order valence-corrected chi connectivity index (χ3v) is 4.83. The molecule has 0 aliphatic rings. The van der Waals surface area contributed by atoms with Gasteiger partial charge in [-0.05, 0) is 19.2 Å². The topological polar surface area (TPSA) is 51.0 Å². The summed E-state index contributed by atoms with van der Waals surface area (Å²) >= 11 is 13.3. The highest BCUT2D eigenvalue weighted by Crippen LogP contribution is 2.22. The minimum absolute atomic E-state index is 0.00921. The molecule has 3 rings (SSSR count). The maximum absolute atomic E-state index is 12.0. The molecule has 2 aromatic heterocycles. The maximum Gasteiger partial charge on any atom is 0.288 e. The van der Waals surface area contributed by atoms with Crippen LogP contribution in [-0.2, 0) is 13.2 Å². The van der Waals surface area contributed by atoms with Crippen molar-refractivity contribution in [3.05, 3.63) is 55.9 Å². The minimum atomic E-state index is -0.398. The van der Waals surface area contributed by atoms with Gasteiger partial charge in [0.1, 0.15) is 10.0 Å². The largest absolute Gasteiger partial charge is 0.288 e. The van der Waals surface area contributed by atoms with Crippen LogP contribution in [0, 0.1) is 0 Å². The molecule has 114 valence electrons. The summed E-state index contributed by atoms with van der Waals surface area (Å²) in [5.41, 5.74) is 0.589. The van der Waals surface area contributed by atoms with Crippen LogP contribution in [0.5, 0.6) is 0 Å². The van der Waals surface area contributed by atoms with Crippen LogP contribution in [0.4, 0.5) is 0 Å². The summed E-state index contributed by atoms with van der Waals surface area (Å²) in [6.45, 7) is 0.930. The van der Waals surface area contributed by atoms with E-state index in [1.807, 2.05) is 36.2 Å². The molecule has 8 heteroatoms. The Morgan fingerprint density at radius 2 is 2.09 bits per heavy atom. The van der Waals surface area contributed by atoms with Crippen molar-refractivity contribution >= 4 is 44.8 Å². The van der Waals surface area contributed by atoms with E-state index in [2.05, 4.69) is 10.1 Å². The van der Waals surface area contributed by atoms with Gasteiger partial charge in [0.15, 0.2) is 0 Å². The lowest BCUT2D eigenvalue weighted by atomic mass is 10.3. The minimum Gasteiger partial charge on any atom is -0.281 e. The standard InChI is InChI=1S/C14H12Cl2N4OS/c1-19(8-20-14(21)13(16)9(15)6-17-20)7-12-18-10-4-2-3-5-11(10)22-12/h2-6H,7-8H2,1H3. The van der Waals surface area contributed by atoms with E-state index in [0.717, 1.165) is 15.2 Å². The molecule has 22 heavy (non-hydrogen) atoms. The number of benzene rings is 1. The fourth-order valence-electron chi connectivity index (χ4n) is 2.04. The summed E-state index contributed by atoms with van der Waals surface area (Å²) in [5.74, 6) is 0. The van der Waals surface area contributed by atoms with E-state index in [9.17, 15) is 4.79 Å². The monoisotopic (exact) mass is 354 g/mol. The number of nitrogens with zero attached hydrogens (tertiary/aromatic N) is 4. The molecule has 0 spiro atoms. The van der Waals surface area contributed by atoms with Gasteiger partial charge in [-0.3, -0.25) is 9.69 Å². The molecule has 0 fully saturated rings. The van der Waals surface area contributed by atoms with Crippen molar-refractivity contribution < 1.29 is 0 Å². The van der Waals surface area contributed by atoms with E-state index in [4.69, 9.17) is 23.2 Å². The van der Waals surface area contributed by atoms with Crippen LogP contribution in [0.2, 0.25) is 10.0 Å². The average Bonchev–Trinajstić information content (AvgIpc) is 2.90.